The number of amides is 2. The van der Waals surface area contributed by atoms with Crippen molar-refractivity contribution in [3.63, 3.8) is 0 Å². The number of carbonyl (C=O) groups excluding carboxylic acids is 1. The highest BCUT2D eigenvalue weighted by molar-refractivity contribution is 5.89. The molecular weight excluding hydrogens is 274 g/mol. The molecule has 7 heteroatoms. The van der Waals surface area contributed by atoms with Crippen LogP contribution >= 0.6 is 0 Å². The summed E-state index contributed by atoms with van der Waals surface area (Å²) < 4.78 is 5.06. The van der Waals surface area contributed by atoms with Gasteiger partial charge in [-0.1, -0.05) is 13.8 Å². The monoisotopic (exact) mass is 295 g/mol. The van der Waals surface area contributed by atoms with E-state index in [1.165, 1.54) is 6.20 Å². The van der Waals surface area contributed by atoms with Gasteiger partial charge in [-0.05, 0) is 18.1 Å². The van der Waals surface area contributed by atoms with Crippen LogP contribution < -0.4 is 10.6 Å². The Hall–Kier alpha value is -2.15. The summed E-state index contributed by atoms with van der Waals surface area (Å²) in [6, 6.07) is 2.75. The molecule has 2 amide bonds. The molecule has 0 aliphatic rings. The highest BCUT2D eigenvalue weighted by Crippen LogP contribution is 2.08. The van der Waals surface area contributed by atoms with Crippen LogP contribution in [0.25, 0.3) is 0 Å². The Bertz CT molecular complexity index is 474. The minimum Gasteiger partial charge on any atom is -0.481 e. The predicted molar refractivity (Wildman–Crippen MR) is 78.2 cm³/mol. The van der Waals surface area contributed by atoms with Gasteiger partial charge in [-0.15, -0.1) is 0 Å². The van der Waals surface area contributed by atoms with E-state index in [1.54, 1.807) is 19.2 Å². The fraction of sp³-hybridized carbons (Fsp3) is 0.500. The zero-order valence-corrected chi connectivity index (χ0v) is 12.4. The first kappa shape index (κ1) is 16.9. The molecule has 116 valence electrons. The molecule has 3 N–H and O–H groups in total. The van der Waals surface area contributed by atoms with Gasteiger partial charge in [0.15, 0.2) is 0 Å². The number of hydrogen-bond donors (Lipinski definition) is 3. The molecule has 0 radical (unpaired) electrons. The normalized spacial score (nSPS) is 12.0. The molecular formula is C14H21N3O4. The molecule has 1 heterocycles. The number of carboxylic acid groups (broad SMARTS) is 1. The standard InChI is InChI=1S/C14H21N3O4/c1-9(2)12(8-21-3)17-14(20)16-11-5-4-10(15-7-11)6-13(18)19/h4-5,7,9,12H,6,8H2,1-3H3,(H,18,19)(H2,16,17,20). The van der Waals surface area contributed by atoms with Crippen molar-refractivity contribution in [3.8, 4) is 0 Å². The Morgan fingerprint density at radius 2 is 2.10 bits per heavy atom. The lowest BCUT2D eigenvalue weighted by atomic mass is 10.1. The van der Waals surface area contributed by atoms with E-state index in [1.807, 2.05) is 13.8 Å². The van der Waals surface area contributed by atoms with Crippen LogP contribution in [0, 0.1) is 5.92 Å². The largest absolute Gasteiger partial charge is 0.481 e. The lowest BCUT2D eigenvalue weighted by Gasteiger charge is -2.21. The molecule has 0 aliphatic heterocycles. The van der Waals surface area contributed by atoms with Crippen LogP contribution in [0.5, 0.6) is 0 Å². The smallest absolute Gasteiger partial charge is 0.319 e. The average Bonchev–Trinajstić information content (AvgIpc) is 2.40. The topological polar surface area (TPSA) is 101 Å². The van der Waals surface area contributed by atoms with Gasteiger partial charge in [-0.25, -0.2) is 4.79 Å². The fourth-order valence-electron chi connectivity index (χ4n) is 1.67. The average molecular weight is 295 g/mol. The number of ether oxygens (including phenoxy) is 1. The van der Waals surface area contributed by atoms with Crippen molar-refractivity contribution < 1.29 is 19.4 Å². The second-order valence-electron chi connectivity index (χ2n) is 5.01. The quantitative estimate of drug-likeness (QED) is 0.707. The molecule has 0 bridgehead atoms. The van der Waals surface area contributed by atoms with Crippen LogP contribution in [-0.2, 0) is 16.0 Å². The summed E-state index contributed by atoms with van der Waals surface area (Å²) in [5.41, 5.74) is 0.939. The van der Waals surface area contributed by atoms with E-state index in [0.29, 0.717) is 18.0 Å². The summed E-state index contributed by atoms with van der Waals surface area (Å²) in [7, 11) is 1.58. The lowest BCUT2D eigenvalue weighted by Crippen LogP contribution is -2.43. The van der Waals surface area contributed by atoms with Gasteiger partial charge in [0.25, 0.3) is 0 Å². The Balaban J connectivity index is 2.55. The molecule has 21 heavy (non-hydrogen) atoms. The second-order valence-corrected chi connectivity index (χ2v) is 5.01. The molecule has 1 aromatic rings. The number of nitrogens with one attached hydrogen (secondary N) is 2. The van der Waals surface area contributed by atoms with Crippen molar-refractivity contribution in [2.24, 2.45) is 5.92 Å². The minimum absolute atomic E-state index is 0.0887. The number of anilines is 1. The summed E-state index contributed by atoms with van der Waals surface area (Å²) in [4.78, 5) is 26.4. The summed E-state index contributed by atoms with van der Waals surface area (Å²) in [5.74, 6) is -0.702. The number of rotatable bonds is 7. The van der Waals surface area contributed by atoms with Gasteiger partial charge in [0, 0.05) is 7.11 Å². The number of hydrogen-bond acceptors (Lipinski definition) is 4. The number of carbonyl (C=O) groups is 2. The van der Waals surface area contributed by atoms with Crippen molar-refractivity contribution in [2.45, 2.75) is 26.3 Å². The van der Waals surface area contributed by atoms with E-state index in [-0.39, 0.29) is 24.4 Å². The summed E-state index contributed by atoms with van der Waals surface area (Å²) in [6.45, 7) is 4.42. The van der Waals surface area contributed by atoms with Crippen LogP contribution in [0.2, 0.25) is 0 Å². The number of methoxy groups -OCH3 is 1. The van der Waals surface area contributed by atoms with Gasteiger partial charge in [-0.2, -0.15) is 0 Å². The summed E-state index contributed by atoms with van der Waals surface area (Å²) >= 11 is 0. The third kappa shape index (κ3) is 6.22. The molecule has 1 rings (SSSR count). The number of carboxylic acids is 1. The van der Waals surface area contributed by atoms with Crippen LogP contribution in [0.3, 0.4) is 0 Å². The van der Waals surface area contributed by atoms with E-state index < -0.39 is 5.97 Å². The van der Waals surface area contributed by atoms with Crippen molar-refractivity contribution in [3.05, 3.63) is 24.0 Å². The molecule has 7 nitrogen and oxygen atoms in total. The fourth-order valence-corrected chi connectivity index (χ4v) is 1.67. The second kappa shape index (κ2) is 8.21. The van der Waals surface area contributed by atoms with Gasteiger partial charge in [0.1, 0.15) is 0 Å². The maximum atomic E-state index is 11.9. The van der Waals surface area contributed by atoms with E-state index >= 15 is 0 Å². The highest BCUT2D eigenvalue weighted by atomic mass is 16.5. The Morgan fingerprint density at radius 3 is 2.57 bits per heavy atom. The molecule has 1 atom stereocenters. The maximum absolute atomic E-state index is 11.9. The van der Waals surface area contributed by atoms with Gasteiger partial charge in [0.05, 0.1) is 36.6 Å². The van der Waals surface area contributed by atoms with Crippen LogP contribution in [0.15, 0.2) is 18.3 Å². The van der Waals surface area contributed by atoms with Gasteiger partial charge in [0.2, 0.25) is 0 Å². The van der Waals surface area contributed by atoms with Gasteiger partial charge in [-0.3, -0.25) is 9.78 Å². The Kier molecular flexibility index (Phi) is 6.61. The van der Waals surface area contributed by atoms with Gasteiger partial charge >= 0.3 is 12.0 Å². The van der Waals surface area contributed by atoms with Crippen LogP contribution in [-0.4, -0.2) is 41.8 Å². The Morgan fingerprint density at radius 1 is 1.38 bits per heavy atom. The van der Waals surface area contributed by atoms with Crippen molar-refractivity contribution in [1.82, 2.24) is 10.3 Å². The first-order valence-electron chi connectivity index (χ1n) is 6.65. The molecule has 0 spiro atoms. The molecule has 0 saturated heterocycles. The first-order chi connectivity index (χ1) is 9.92. The van der Waals surface area contributed by atoms with Gasteiger partial charge < -0.3 is 20.5 Å². The predicted octanol–water partition coefficient (Wildman–Crippen LogP) is 1.50. The number of nitrogens with zero attached hydrogens (tertiary/aromatic N) is 1. The molecule has 1 aromatic heterocycles. The molecule has 0 aliphatic carbocycles. The summed E-state index contributed by atoms with van der Waals surface area (Å²) in [5, 5.41) is 14.1. The third-order valence-electron chi connectivity index (χ3n) is 2.88. The van der Waals surface area contributed by atoms with Crippen molar-refractivity contribution in [1.29, 1.82) is 0 Å². The summed E-state index contributed by atoms with van der Waals surface area (Å²) in [6.07, 6.45) is 1.29. The van der Waals surface area contributed by atoms with E-state index in [0.717, 1.165) is 0 Å². The highest BCUT2D eigenvalue weighted by Gasteiger charge is 2.16. The molecule has 1 unspecified atom stereocenters. The number of aliphatic carboxylic acids is 1. The van der Waals surface area contributed by atoms with E-state index in [2.05, 4.69) is 15.6 Å². The lowest BCUT2D eigenvalue weighted by molar-refractivity contribution is -0.136. The van der Waals surface area contributed by atoms with E-state index in [4.69, 9.17) is 9.84 Å². The van der Waals surface area contributed by atoms with Crippen molar-refractivity contribution in [2.75, 3.05) is 19.0 Å². The maximum Gasteiger partial charge on any atom is 0.319 e. The van der Waals surface area contributed by atoms with Crippen LogP contribution in [0.1, 0.15) is 19.5 Å². The molecule has 0 saturated carbocycles. The zero-order chi connectivity index (χ0) is 15.8. The number of aromatic nitrogens is 1. The first-order valence-corrected chi connectivity index (χ1v) is 6.65. The van der Waals surface area contributed by atoms with Crippen molar-refractivity contribution >= 4 is 17.7 Å². The zero-order valence-electron chi connectivity index (χ0n) is 12.4. The third-order valence-corrected chi connectivity index (χ3v) is 2.88. The number of pyridine rings is 1. The number of urea groups is 1. The van der Waals surface area contributed by atoms with Crippen LogP contribution in [0.4, 0.5) is 10.5 Å². The SMILES string of the molecule is COCC(NC(=O)Nc1ccc(CC(=O)O)nc1)C(C)C. The van der Waals surface area contributed by atoms with E-state index in [9.17, 15) is 9.59 Å². The molecule has 0 fully saturated rings. The minimum atomic E-state index is -0.944. The molecule has 0 aromatic carbocycles. The Labute approximate surface area is 123 Å².